The fourth-order valence-corrected chi connectivity index (χ4v) is 3.05. The fraction of sp³-hybridized carbons (Fsp3) is 0.529. The molecular weight excluding hydrogens is 302 g/mol. The predicted molar refractivity (Wildman–Crippen MR) is 84.5 cm³/mol. The summed E-state index contributed by atoms with van der Waals surface area (Å²) in [6.45, 7) is 1.56. The lowest BCUT2D eigenvalue weighted by Crippen LogP contribution is -2.30. The molecular formula is C17H22F2N2O2. The Balaban J connectivity index is 2.33. The summed E-state index contributed by atoms with van der Waals surface area (Å²) in [6, 6.07) is 2.58. The van der Waals surface area contributed by atoms with Crippen molar-refractivity contribution in [1.29, 1.82) is 0 Å². The number of anilines is 1. The van der Waals surface area contributed by atoms with E-state index in [0.717, 1.165) is 32.4 Å². The van der Waals surface area contributed by atoms with Gasteiger partial charge in [-0.05, 0) is 37.8 Å². The molecule has 23 heavy (non-hydrogen) atoms. The van der Waals surface area contributed by atoms with Crippen molar-refractivity contribution >= 4 is 17.9 Å². The minimum absolute atomic E-state index is 0.0742. The quantitative estimate of drug-likeness (QED) is 0.819. The first-order chi connectivity index (χ1) is 11.1. The SMILES string of the molecule is CNC(=O)C(CCC=O)c1c(F)cc(N2CCCCC2)cc1F. The van der Waals surface area contributed by atoms with E-state index >= 15 is 0 Å². The van der Waals surface area contributed by atoms with Gasteiger partial charge in [0.15, 0.2) is 0 Å². The first-order valence-electron chi connectivity index (χ1n) is 7.97. The van der Waals surface area contributed by atoms with E-state index in [1.165, 1.54) is 19.2 Å². The number of carbonyl (C=O) groups is 2. The van der Waals surface area contributed by atoms with E-state index in [-0.39, 0.29) is 18.4 Å². The summed E-state index contributed by atoms with van der Waals surface area (Å²) in [7, 11) is 1.41. The van der Waals surface area contributed by atoms with Crippen LogP contribution in [0.15, 0.2) is 12.1 Å². The van der Waals surface area contributed by atoms with E-state index in [4.69, 9.17) is 0 Å². The van der Waals surface area contributed by atoms with Gasteiger partial charge in [0.25, 0.3) is 0 Å². The largest absolute Gasteiger partial charge is 0.371 e. The second-order valence-corrected chi connectivity index (χ2v) is 5.78. The van der Waals surface area contributed by atoms with E-state index < -0.39 is 23.5 Å². The molecule has 1 atom stereocenters. The molecule has 1 saturated heterocycles. The summed E-state index contributed by atoms with van der Waals surface area (Å²) in [5.74, 6) is -2.95. The van der Waals surface area contributed by atoms with Crippen molar-refractivity contribution in [3.05, 3.63) is 29.3 Å². The Morgan fingerprint density at radius 1 is 1.26 bits per heavy atom. The van der Waals surface area contributed by atoms with Gasteiger partial charge in [-0.1, -0.05) is 0 Å². The Bertz CT molecular complexity index is 549. The summed E-state index contributed by atoms with van der Waals surface area (Å²) in [5.41, 5.74) is 0.251. The van der Waals surface area contributed by atoms with Gasteiger partial charge in [0.05, 0.1) is 5.92 Å². The van der Waals surface area contributed by atoms with Crippen LogP contribution in [0, 0.1) is 11.6 Å². The molecule has 1 N–H and O–H groups in total. The van der Waals surface area contributed by atoms with Crippen molar-refractivity contribution in [2.75, 3.05) is 25.0 Å². The molecule has 1 aromatic carbocycles. The van der Waals surface area contributed by atoms with Gasteiger partial charge in [0.2, 0.25) is 5.91 Å². The van der Waals surface area contributed by atoms with Crippen LogP contribution < -0.4 is 10.2 Å². The van der Waals surface area contributed by atoms with Crippen LogP contribution in [-0.2, 0) is 9.59 Å². The van der Waals surface area contributed by atoms with Crippen LogP contribution in [0.5, 0.6) is 0 Å². The molecule has 1 aliphatic rings. The molecule has 1 fully saturated rings. The highest BCUT2D eigenvalue weighted by molar-refractivity contribution is 5.84. The smallest absolute Gasteiger partial charge is 0.227 e. The summed E-state index contributed by atoms with van der Waals surface area (Å²) < 4.78 is 29.0. The standard InChI is InChI=1S/C17H22F2N2O2/c1-20-17(23)13(6-5-9-22)16-14(18)10-12(11-15(16)19)21-7-3-2-4-8-21/h9-11,13H,2-8H2,1H3,(H,20,23). The number of amides is 1. The van der Waals surface area contributed by atoms with Gasteiger partial charge in [0.1, 0.15) is 17.9 Å². The second kappa shape index (κ2) is 8.04. The first-order valence-corrected chi connectivity index (χ1v) is 7.97. The lowest BCUT2D eigenvalue weighted by molar-refractivity contribution is -0.122. The number of likely N-dealkylation sites (N-methyl/N-ethyl adjacent to an activating group) is 1. The van der Waals surface area contributed by atoms with Gasteiger partial charge in [-0.15, -0.1) is 0 Å². The third-order valence-corrected chi connectivity index (χ3v) is 4.27. The molecule has 0 bridgehead atoms. The molecule has 1 amide bonds. The van der Waals surface area contributed by atoms with Crippen LogP contribution >= 0.6 is 0 Å². The number of halogens is 2. The van der Waals surface area contributed by atoms with E-state index in [0.29, 0.717) is 12.0 Å². The molecule has 0 saturated carbocycles. The van der Waals surface area contributed by atoms with Gasteiger partial charge in [-0.25, -0.2) is 8.78 Å². The molecule has 1 heterocycles. The summed E-state index contributed by atoms with van der Waals surface area (Å²) in [6.07, 6.45) is 3.94. The number of rotatable bonds is 6. The Hall–Kier alpha value is -1.98. The van der Waals surface area contributed by atoms with Crippen LogP contribution in [-0.4, -0.2) is 32.3 Å². The Kier molecular flexibility index (Phi) is 6.07. The molecule has 0 aromatic heterocycles. The van der Waals surface area contributed by atoms with Gasteiger partial charge in [-0.2, -0.15) is 0 Å². The van der Waals surface area contributed by atoms with Crippen molar-refractivity contribution < 1.29 is 18.4 Å². The number of carbonyl (C=O) groups excluding carboxylic acids is 2. The van der Waals surface area contributed by atoms with Crippen molar-refractivity contribution in [1.82, 2.24) is 5.32 Å². The van der Waals surface area contributed by atoms with Gasteiger partial charge in [-0.3, -0.25) is 4.79 Å². The van der Waals surface area contributed by atoms with Gasteiger partial charge in [0, 0.05) is 37.8 Å². The zero-order valence-electron chi connectivity index (χ0n) is 13.3. The number of hydrogen-bond donors (Lipinski definition) is 1. The molecule has 2 rings (SSSR count). The molecule has 0 radical (unpaired) electrons. The highest BCUT2D eigenvalue weighted by Crippen LogP contribution is 2.31. The lowest BCUT2D eigenvalue weighted by Gasteiger charge is -2.29. The lowest BCUT2D eigenvalue weighted by atomic mass is 9.92. The predicted octanol–water partition coefficient (Wildman–Crippen LogP) is 2.76. The minimum atomic E-state index is -0.999. The molecule has 1 aliphatic heterocycles. The van der Waals surface area contributed by atoms with E-state index in [1.807, 2.05) is 4.90 Å². The average molecular weight is 324 g/mol. The van der Waals surface area contributed by atoms with Crippen LogP contribution in [0.25, 0.3) is 0 Å². The van der Waals surface area contributed by atoms with Crippen LogP contribution in [0.3, 0.4) is 0 Å². The van der Waals surface area contributed by atoms with Crippen molar-refractivity contribution in [3.8, 4) is 0 Å². The molecule has 0 spiro atoms. The topological polar surface area (TPSA) is 49.4 Å². The average Bonchev–Trinajstić information content (AvgIpc) is 2.57. The summed E-state index contributed by atoms with van der Waals surface area (Å²) in [4.78, 5) is 24.5. The Labute approximate surface area is 134 Å². The number of benzene rings is 1. The zero-order valence-corrected chi connectivity index (χ0v) is 13.3. The number of nitrogens with one attached hydrogen (secondary N) is 1. The van der Waals surface area contributed by atoms with Crippen molar-refractivity contribution in [2.24, 2.45) is 0 Å². The Morgan fingerprint density at radius 2 is 1.87 bits per heavy atom. The molecule has 0 aliphatic carbocycles. The third kappa shape index (κ3) is 4.06. The first kappa shape index (κ1) is 17.4. The molecule has 6 heteroatoms. The maximum Gasteiger partial charge on any atom is 0.227 e. The summed E-state index contributed by atoms with van der Waals surface area (Å²) in [5, 5.41) is 2.41. The van der Waals surface area contributed by atoms with E-state index in [2.05, 4.69) is 5.32 Å². The van der Waals surface area contributed by atoms with Crippen molar-refractivity contribution in [3.63, 3.8) is 0 Å². The highest BCUT2D eigenvalue weighted by Gasteiger charge is 2.27. The van der Waals surface area contributed by atoms with E-state index in [9.17, 15) is 18.4 Å². The van der Waals surface area contributed by atoms with Gasteiger partial charge < -0.3 is 15.0 Å². The third-order valence-electron chi connectivity index (χ3n) is 4.27. The monoisotopic (exact) mass is 324 g/mol. The fourth-order valence-electron chi connectivity index (χ4n) is 3.05. The highest BCUT2D eigenvalue weighted by atomic mass is 19.1. The molecule has 1 aromatic rings. The zero-order chi connectivity index (χ0) is 16.8. The number of hydrogen-bond acceptors (Lipinski definition) is 3. The molecule has 4 nitrogen and oxygen atoms in total. The number of nitrogens with zero attached hydrogens (tertiary/aromatic N) is 1. The number of aldehydes is 1. The van der Waals surface area contributed by atoms with Crippen LogP contribution in [0.4, 0.5) is 14.5 Å². The number of piperidine rings is 1. The normalized spacial score (nSPS) is 16.0. The van der Waals surface area contributed by atoms with Gasteiger partial charge >= 0.3 is 0 Å². The minimum Gasteiger partial charge on any atom is -0.371 e. The van der Waals surface area contributed by atoms with Crippen LogP contribution in [0.2, 0.25) is 0 Å². The second-order valence-electron chi connectivity index (χ2n) is 5.78. The maximum atomic E-state index is 14.5. The Morgan fingerprint density at radius 3 is 2.39 bits per heavy atom. The van der Waals surface area contributed by atoms with E-state index in [1.54, 1.807) is 0 Å². The maximum absolute atomic E-state index is 14.5. The molecule has 1 unspecified atom stereocenters. The molecule has 126 valence electrons. The van der Waals surface area contributed by atoms with Crippen LogP contribution in [0.1, 0.15) is 43.6 Å². The van der Waals surface area contributed by atoms with Crippen molar-refractivity contribution in [2.45, 2.75) is 38.0 Å². The summed E-state index contributed by atoms with van der Waals surface area (Å²) >= 11 is 0.